The Hall–Kier alpha value is -2.13. The summed E-state index contributed by atoms with van der Waals surface area (Å²) in [6, 6.07) is 8.35. The fourth-order valence-electron chi connectivity index (χ4n) is 3.09. The Morgan fingerprint density at radius 2 is 1.96 bits per heavy atom. The van der Waals surface area contributed by atoms with E-state index in [1.54, 1.807) is 0 Å². The van der Waals surface area contributed by atoms with Gasteiger partial charge in [-0.3, -0.25) is 9.59 Å². The SMILES string of the molecule is CC(C)CC1CC(O)(C(F)(F)F)N(C(=O)C(=O)NCCc2ccccc2)N1. The molecule has 0 radical (unpaired) electrons. The summed E-state index contributed by atoms with van der Waals surface area (Å²) in [5.41, 5.74) is -0.145. The van der Waals surface area contributed by atoms with Crippen LogP contribution in [0.3, 0.4) is 0 Å². The molecule has 2 rings (SSSR count). The van der Waals surface area contributed by atoms with Gasteiger partial charge in [-0.25, -0.2) is 10.4 Å². The second-order valence-electron chi connectivity index (χ2n) is 7.11. The largest absolute Gasteiger partial charge is 0.438 e. The van der Waals surface area contributed by atoms with Crippen LogP contribution in [0, 0.1) is 5.92 Å². The molecule has 3 N–H and O–H groups in total. The molecule has 0 spiro atoms. The second-order valence-corrected chi connectivity index (χ2v) is 7.11. The van der Waals surface area contributed by atoms with Crippen molar-refractivity contribution < 1.29 is 27.9 Å². The molecule has 1 aromatic carbocycles. The number of alkyl halides is 3. The fraction of sp³-hybridized carbons (Fsp3) is 0.556. The molecule has 1 fully saturated rings. The van der Waals surface area contributed by atoms with E-state index in [2.05, 4.69) is 10.7 Å². The Bertz CT molecular complexity index is 667. The van der Waals surface area contributed by atoms with Gasteiger partial charge in [0.2, 0.25) is 0 Å². The third kappa shape index (κ3) is 4.98. The van der Waals surface area contributed by atoms with Gasteiger partial charge in [0.25, 0.3) is 5.72 Å². The van der Waals surface area contributed by atoms with Crippen LogP contribution in [-0.4, -0.2) is 46.4 Å². The van der Waals surface area contributed by atoms with Gasteiger partial charge in [0.1, 0.15) is 0 Å². The summed E-state index contributed by atoms with van der Waals surface area (Å²) in [5, 5.41) is 12.5. The van der Waals surface area contributed by atoms with E-state index in [9.17, 15) is 27.9 Å². The number of carbonyl (C=O) groups is 2. The molecule has 9 heteroatoms. The molecule has 1 aromatic rings. The predicted molar refractivity (Wildman–Crippen MR) is 92.0 cm³/mol. The highest BCUT2D eigenvalue weighted by atomic mass is 19.4. The summed E-state index contributed by atoms with van der Waals surface area (Å²) < 4.78 is 40.2. The van der Waals surface area contributed by atoms with Crippen molar-refractivity contribution in [3.63, 3.8) is 0 Å². The van der Waals surface area contributed by atoms with Crippen LogP contribution in [-0.2, 0) is 16.0 Å². The second kappa shape index (κ2) is 8.26. The Labute approximate surface area is 155 Å². The van der Waals surface area contributed by atoms with E-state index in [1.165, 1.54) is 0 Å². The van der Waals surface area contributed by atoms with E-state index in [1.807, 2.05) is 44.2 Å². The molecule has 1 saturated heterocycles. The minimum Gasteiger partial charge on any atom is -0.362 e. The average molecular weight is 387 g/mol. The zero-order chi connectivity index (χ0) is 20.2. The van der Waals surface area contributed by atoms with Crippen LogP contribution in [0.15, 0.2) is 30.3 Å². The maximum absolute atomic E-state index is 13.4. The van der Waals surface area contributed by atoms with E-state index in [-0.39, 0.29) is 17.5 Å². The highest BCUT2D eigenvalue weighted by molar-refractivity contribution is 6.35. The number of hydrogen-bond donors (Lipinski definition) is 3. The molecule has 1 aliphatic heterocycles. The maximum atomic E-state index is 13.4. The van der Waals surface area contributed by atoms with Crippen molar-refractivity contribution in [2.75, 3.05) is 6.54 Å². The number of rotatable bonds is 5. The molecule has 1 aliphatic rings. The highest BCUT2D eigenvalue weighted by Gasteiger charge is 2.64. The minimum atomic E-state index is -5.09. The lowest BCUT2D eigenvalue weighted by Crippen LogP contribution is -2.62. The van der Waals surface area contributed by atoms with Crippen LogP contribution in [0.25, 0.3) is 0 Å². The monoisotopic (exact) mass is 387 g/mol. The van der Waals surface area contributed by atoms with Gasteiger partial charge in [0.05, 0.1) is 0 Å². The molecule has 1 heterocycles. The lowest BCUT2D eigenvalue weighted by atomic mass is 9.98. The molecule has 2 unspecified atom stereocenters. The predicted octanol–water partition coefficient (Wildman–Crippen LogP) is 1.75. The van der Waals surface area contributed by atoms with Crippen molar-refractivity contribution in [1.82, 2.24) is 15.8 Å². The van der Waals surface area contributed by atoms with Crippen LogP contribution in [0.2, 0.25) is 0 Å². The molecular formula is C18H24F3N3O3. The third-order valence-electron chi connectivity index (χ3n) is 4.36. The van der Waals surface area contributed by atoms with E-state index >= 15 is 0 Å². The molecule has 0 saturated carbocycles. The molecule has 0 bridgehead atoms. The Morgan fingerprint density at radius 1 is 1.33 bits per heavy atom. The number of hydrazine groups is 1. The Kier molecular flexibility index (Phi) is 6.48. The Balaban J connectivity index is 2.03. The molecule has 6 nitrogen and oxygen atoms in total. The van der Waals surface area contributed by atoms with Gasteiger partial charge in [0, 0.05) is 19.0 Å². The zero-order valence-corrected chi connectivity index (χ0v) is 15.2. The first-order valence-electron chi connectivity index (χ1n) is 8.76. The summed E-state index contributed by atoms with van der Waals surface area (Å²) in [4.78, 5) is 24.3. The number of nitrogens with one attached hydrogen (secondary N) is 2. The van der Waals surface area contributed by atoms with Gasteiger partial charge in [-0.15, -0.1) is 0 Å². The first-order valence-corrected chi connectivity index (χ1v) is 8.76. The summed E-state index contributed by atoms with van der Waals surface area (Å²) in [6.07, 6.45) is -5.08. The first kappa shape index (κ1) is 21.2. The van der Waals surface area contributed by atoms with Crippen LogP contribution >= 0.6 is 0 Å². The topological polar surface area (TPSA) is 81.7 Å². The first-order chi connectivity index (χ1) is 12.5. The molecule has 2 atom stereocenters. The van der Waals surface area contributed by atoms with Crippen LogP contribution < -0.4 is 10.7 Å². The lowest BCUT2D eigenvalue weighted by Gasteiger charge is -2.33. The Morgan fingerprint density at radius 3 is 2.52 bits per heavy atom. The summed E-state index contributed by atoms with van der Waals surface area (Å²) >= 11 is 0. The molecule has 150 valence electrons. The van der Waals surface area contributed by atoms with Crippen LogP contribution in [0.1, 0.15) is 32.3 Å². The molecule has 2 amide bonds. The van der Waals surface area contributed by atoms with Crippen molar-refractivity contribution in [2.24, 2.45) is 5.92 Å². The molecule has 0 aromatic heterocycles. The van der Waals surface area contributed by atoms with Gasteiger partial charge >= 0.3 is 18.0 Å². The molecular weight excluding hydrogens is 363 g/mol. The van der Waals surface area contributed by atoms with Crippen molar-refractivity contribution in [1.29, 1.82) is 0 Å². The number of amides is 2. The number of halogens is 3. The van der Waals surface area contributed by atoms with E-state index in [0.717, 1.165) is 5.56 Å². The highest BCUT2D eigenvalue weighted by Crippen LogP contribution is 2.40. The number of nitrogens with zero attached hydrogens (tertiary/aromatic N) is 1. The number of aliphatic hydroxyl groups is 1. The summed E-state index contributed by atoms with van der Waals surface area (Å²) in [7, 11) is 0. The molecule has 27 heavy (non-hydrogen) atoms. The van der Waals surface area contributed by atoms with E-state index < -0.39 is 36.2 Å². The number of hydrogen-bond acceptors (Lipinski definition) is 4. The van der Waals surface area contributed by atoms with E-state index in [4.69, 9.17) is 0 Å². The van der Waals surface area contributed by atoms with Gasteiger partial charge in [-0.1, -0.05) is 44.2 Å². The van der Waals surface area contributed by atoms with Gasteiger partial charge < -0.3 is 10.4 Å². The maximum Gasteiger partial charge on any atom is 0.438 e. The van der Waals surface area contributed by atoms with Crippen LogP contribution in [0.4, 0.5) is 13.2 Å². The molecule has 0 aliphatic carbocycles. The normalized spacial score (nSPS) is 22.9. The average Bonchev–Trinajstić information content (AvgIpc) is 2.91. The van der Waals surface area contributed by atoms with Crippen molar-refractivity contribution >= 4 is 11.8 Å². The van der Waals surface area contributed by atoms with Crippen LogP contribution in [0.5, 0.6) is 0 Å². The lowest BCUT2D eigenvalue weighted by molar-refractivity contribution is -0.304. The number of carbonyl (C=O) groups excluding carboxylic acids is 2. The fourth-order valence-corrected chi connectivity index (χ4v) is 3.09. The van der Waals surface area contributed by atoms with Crippen molar-refractivity contribution in [2.45, 2.75) is 51.1 Å². The third-order valence-corrected chi connectivity index (χ3v) is 4.36. The summed E-state index contributed by atoms with van der Waals surface area (Å²) in [5.74, 6) is -2.62. The zero-order valence-electron chi connectivity index (χ0n) is 15.2. The standard InChI is InChI=1S/C18H24F3N3O3/c1-12(2)10-14-11-17(27,18(19,20)21)24(23-14)16(26)15(25)22-9-8-13-6-4-3-5-7-13/h3-7,12,14,23,27H,8-11H2,1-2H3,(H,22,25). The summed E-state index contributed by atoms with van der Waals surface area (Å²) in [6.45, 7) is 3.71. The van der Waals surface area contributed by atoms with Gasteiger partial charge in [-0.2, -0.15) is 13.2 Å². The van der Waals surface area contributed by atoms with Gasteiger partial charge in [-0.05, 0) is 24.3 Å². The minimum absolute atomic E-state index is 0.0257. The van der Waals surface area contributed by atoms with Crippen molar-refractivity contribution in [3.8, 4) is 0 Å². The van der Waals surface area contributed by atoms with E-state index in [0.29, 0.717) is 12.8 Å². The van der Waals surface area contributed by atoms with Gasteiger partial charge in [0.15, 0.2) is 0 Å². The smallest absolute Gasteiger partial charge is 0.362 e. The number of benzene rings is 1. The quantitative estimate of drug-likeness (QED) is 0.673. The van der Waals surface area contributed by atoms with Crippen molar-refractivity contribution in [3.05, 3.63) is 35.9 Å².